The third-order valence-electron chi connectivity index (χ3n) is 3.88. The number of halogens is 1. The summed E-state index contributed by atoms with van der Waals surface area (Å²) in [6.45, 7) is 4.47. The van der Waals surface area contributed by atoms with Crippen LogP contribution >= 0.6 is 15.9 Å². The minimum absolute atomic E-state index is 0.584. The zero-order chi connectivity index (χ0) is 13.9. The van der Waals surface area contributed by atoms with Crippen LogP contribution in [0.15, 0.2) is 16.6 Å². The predicted molar refractivity (Wildman–Crippen MR) is 82.5 cm³/mol. The molecule has 1 saturated heterocycles. The van der Waals surface area contributed by atoms with Crippen molar-refractivity contribution in [3.05, 3.63) is 22.2 Å². The van der Waals surface area contributed by atoms with E-state index in [4.69, 9.17) is 9.47 Å². The first-order valence-corrected chi connectivity index (χ1v) is 8.01. The van der Waals surface area contributed by atoms with Crippen molar-refractivity contribution in [1.82, 2.24) is 10.2 Å². The van der Waals surface area contributed by atoms with Gasteiger partial charge in [0, 0.05) is 19.1 Å². The molecule has 0 saturated carbocycles. The third kappa shape index (κ3) is 3.27. The summed E-state index contributed by atoms with van der Waals surface area (Å²) in [4.78, 5) is 2.39. The van der Waals surface area contributed by atoms with Gasteiger partial charge in [0.05, 0.1) is 4.47 Å². The molecule has 1 atom stereocenters. The van der Waals surface area contributed by atoms with Gasteiger partial charge >= 0.3 is 0 Å². The molecule has 3 rings (SSSR count). The molecule has 0 radical (unpaired) electrons. The number of nitrogens with one attached hydrogen (secondary N) is 1. The third-order valence-corrected chi connectivity index (χ3v) is 4.46. The SMILES string of the molecule is CN1CCCC(NCc2cc(Br)c3c(c2)OCCO3)C1. The summed E-state index contributed by atoms with van der Waals surface area (Å²) in [5.41, 5.74) is 1.23. The van der Waals surface area contributed by atoms with Crippen molar-refractivity contribution in [2.45, 2.75) is 25.4 Å². The highest BCUT2D eigenvalue weighted by atomic mass is 79.9. The number of hydrogen-bond acceptors (Lipinski definition) is 4. The van der Waals surface area contributed by atoms with E-state index in [1.54, 1.807) is 0 Å². The first-order chi connectivity index (χ1) is 9.72. The van der Waals surface area contributed by atoms with Gasteiger partial charge in [0.15, 0.2) is 11.5 Å². The predicted octanol–water partition coefficient (Wildman–Crippen LogP) is 2.40. The maximum Gasteiger partial charge on any atom is 0.175 e. The monoisotopic (exact) mass is 340 g/mol. The Balaban J connectivity index is 1.64. The maximum atomic E-state index is 5.66. The average molecular weight is 341 g/mol. The molecule has 1 N–H and O–H groups in total. The number of rotatable bonds is 3. The van der Waals surface area contributed by atoms with Crippen molar-refractivity contribution >= 4 is 15.9 Å². The van der Waals surface area contributed by atoms with Crippen molar-refractivity contribution in [2.24, 2.45) is 0 Å². The summed E-state index contributed by atoms with van der Waals surface area (Å²) >= 11 is 3.57. The fourth-order valence-electron chi connectivity index (χ4n) is 2.86. The van der Waals surface area contributed by atoms with Crippen LogP contribution in [0, 0.1) is 0 Å². The van der Waals surface area contributed by atoms with Gasteiger partial charge in [0.25, 0.3) is 0 Å². The van der Waals surface area contributed by atoms with E-state index in [0.717, 1.165) is 29.1 Å². The number of fused-ring (bicyclic) bond motifs is 1. The molecule has 5 heteroatoms. The van der Waals surface area contributed by atoms with E-state index in [2.05, 4.69) is 45.3 Å². The van der Waals surface area contributed by atoms with Crippen molar-refractivity contribution < 1.29 is 9.47 Å². The van der Waals surface area contributed by atoms with E-state index in [1.165, 1.54) is 24.9 Å². The molecule has 0 amide bonds. The Kier molecular flexibility index (Phi) is 4.48. The summed E-state index contributed by atoms with van der Waals surface area (Å²) in [6.07, 6.45) is 2.54. The molecule has 1 fully saturated rings. The topological polar surface area (TPSA) is 33.7 Å². The standard InChI is InChI=1S/C15H21BrN2O2/c1-18-4-2-3-12(10-18)17-9-11-7-13(16)15-14(8-11)19-5-6-20-15/h7-8,12,17H,2-6,9-10H2,1H3. The number of nitrogens with zero attached hydrogens (tertiary/aromatic N) is 1. The number of ether oxygens (including phenoxy) is 2. The molecule has 1 aromatic rings. The Morgan fingerprint density at radius 1 is 1.35 bits per heavy atom. The molecule has 110 valence electrons. The molecule has 20 heavy (non-hydrogen) atoms. The Hall–Kier alpha value is -0.780. The molecule has 4 nitrogen and oxygen atoms in total. The van der Waals surface area contributed by atoms with Crippen LogP contribution in [0.4, 0.5) is 0 Å². The molecule has 0 spiro atoms. The number of benzene rings is 1. The van der Waals surface area contributed by atoms with Crippen LogP contribution < -0.4 is 14.8 Å². The second-order valence-corrected chi connectivity index (χ2v) is 6.44. The van der Waals surface area contributed by atoms with Gasteiger partial charge in [-0.05, 0) is 60.1 Å². The quantitative estimate of drug-likeness (QED) is 0.916. The van der Waals surface area contributed by atoms with Gasteiger partial charge in [-0.2, -0.15) is 0 Å². The summed E-state index contributed by atoms with van der Waals surface area (Å²) in [5, 5.41) is 3.64. The highest BCUT2D eigenvalue weighted by Gasteiger charge is 2.18. The van der Waals surface area contributed by atoms with E-state index >= 15 is 0 Å². The van der Waals surface area contributed by atoms with Gasteiger partial charge in [-0.1, -0.05) is 0 Å². The van der Waals surface area contributed by atoms with Crippen LogP contribution in [0.2, 0.25) is 0 Å². The van der Waals surface area contributed by atoms with Crippen LogP contribution in [-0.4, -0.2) is 44.3 Å². The number of piperidine rings is 1. The lowest BCUT2D eigenvalue weighted by atomic mass is 10.1. The molecule has 0 aromatic heterocycles. The lowest BCUT2D eigenvalue weighted by molar-refractivity contribution is 0.170. The Bertz CT molecular complexity index is 481. The minimum Gasteiger partial charge on any atom is -0.486 e. The highest BCUT2D eigenvalue weighted by molar-refractivity contribution is 9.10. The first-order valence-electron chi connectivity index (χ1n) is 7.22. The summed E-state index contributed by atoms with van der Waals surface area (Å²) in [6, 6.07) is 4.78. The van der Waals surface area contributed by atoms with E-state index in [1.807, 2.05) is 0 Å². The van der Waals surface area contributed by atoms with Gasteiger partial charge in [-0.3, -0.25) is 0 Å². The molecule has 2 aliphatic rings. The van der Waals surface area contributed by atoms with Crippen molar-refractivity contribution in [3.8, 4) is 11.5 Å². The lowest BCUT2D eigenvalue weighted by Gasteiger charge is -2.30. The van der Waals surface area contributed by atoms with Gasteiger partial charge in [0.2, 0.25) is 0 Å². The lowest BCUT2D eigenvalue weighted by Crippen LogP contribution is -2.43. The fourth-order valence-corrected chi connectivity index (χ4v) is 3.47. The van der Waals surface area contributed by atoms with Gasteiger partial charge in [0.1, 0.15) is 13.2 Å². The van der Waals surface area contributed by atoms with Crippen LogP contribution in [0.5, 0.6) is 11.5 Å². The van der Waals surface area contributed by atoms with Gasteiger partial charge in [-0.15, -0.1) is 0 Å². The molecule has 2 heterocycles. The van der Waals surface area contributed by atoms with Crippen LogP contribution in [0.25, 0.3) is 0 Å². The zero-order valence-electron chi connectivity index (χ0n) is 11.8. The molecule has 0 bridgehead atoms. The maximum absolute atomic E-state index is 5.66. The second kappa shape index (κ2) is 6.33. The number of likely N-dealkylation sites (tertiary alicyclic amines) is 1. The van der Waals surface area contributed by atoms with Gasteiger partial charge < -0.3 is 19.7 Å². The van der Waals surface area contributed by atoms with E-state index in [0.29, 0.717) is 19.3 Å². The zero-order valence-corrected chi connectivity index (χ0v) is 13.4. The number of hydrogen-bond donors (Lipinski definition) is 1. The fraction of sp³-hybridized carbons (Fsp3) is 0.600. The summed E-state index contributed by atoms with van der Waals surface area (Å²) < 4.78 is 12.3. The van der Waals surface area contributed by atoms with Crippen molar-refractivity contribution in [1.29, 1.82) is 0 Å². The first kappa shape index (κ1) is 14.2. The average Bonchev–Trinajstić information content (AvgIpc) is 2.45. The van der Waals surface area contributed by atoms with E-state index < -0.39 is 0 Å². The molecular weight excluding hydrogens is 320 g/mol. The molecule has 1 unspecified atom stereocenters. The van der Waals surface area contributed by atoms with Gasteiger partial charge in [-0.25, -0.2) is 0 Å². The Morgan fingerprint density at radius 2 is 2.20 bits per heavy atom. The second-order valence-electron chi connectivity index (χ2n) is 5.58. The van der Waals surface area contributed by atoms with Crippen molar-refractivity contribution in [3.63, 3.8) is 0 Å². The highest BCUT2D eigenvalue weighted by Crippen LogP contribution is 2.38. The minimum atomic E-state index is 0.584. The molecule has 0 aliphatic carbocycles. The van der Waals surface area contributed by atoms with E-state index in [-0.39, 0.29) is 0 Å². The molecule has 2 aliphatic heterocycles. The Morgan fingerprint density at radius 3 is 3.05 bits per heavy atom. The smallest absolute Gasteiger partial charge is 0.175 e. The van der Waals surface area contributed by atoms with Crippen LogP contribution in [0.3, 0.4) is 0 Å². The summed E-state index contributed by atoms with van der Waals surface area (Å²) in [5.74, 6) is 1.68. The van der Waals surface area contributed by atoms with Crippen LogP contribution in [-0.2, 0) is 6.54 Å². The van der Waals surface area contributed by atoms with E-state index in [9.17, 15) is 0 Å². The van der Waals surface area contributed by atoms with Crippen molar-refractivity contribution in [2.75, 3.05) is 33.4 Å². The molecular formula is C15H21BrN2O2. The summed E-state index contributed by atoms with van der Waals surface area (Å²) in [7, 11) is 2.19. The largest absolute Gasteiger partial charge is 0.486 e. The Labute approximate surface area is 128 Å². The molecule has 1 aromatic carbocycles. The van der Waals surface area contributed by atoms with Crippen LogP contribution in [0.1, 0.15) is 18.4 Å². The normalized spacial score (nSPS) is 22.8. The number of likely N-dealkylation sites (N-methyl/N-ethyl adjacent to an activating group) is 1.